The fourth-order valence-corrected chi connectivity index (χ4v) is 2.64. The summed E-state index contributed by atoms with van der Waals surface area (Å²) in [5.41, 5.74) is 1.61. The molecule has 2 aromatic heterocycles. The number of benzene rings is 1. The molecule has 24 heavy (non-hydrogen) atoms. The van der Waals surface area contributed by atoms with E-state index in [1.54, 1.807) is 19.4 Å². The maximum atomic E-state index is 12.6. The van der Waals surface area contributed by atoms with Crippen LogP contribution in [0.4, 0.5) is 0 Å². The molecule has 6 nitrogen and oxygen atoms in total. The Labute approximate surface area is 140 Å². The second-order valence-corrected chi connectivity index (χ2v) is 5.48. The predicted molar refractivity (Wildman–Crippen MR) is 89.0 cm³/mol. The third-order valence-corrected chi connectivity index (χ3v) is 3.91. The molecule has 1 N–H and O–H groups in total. The third kappa shape index (κ3) is 2.90. The summed E-state index contributed by atoms with van der Waals surface area (Å²) in [6.07, 6.45) is 5.03. The Morgan fingerprint density at radius 3 is 2.75 bits per heavy atom. The largest absolute Gasteiger partial charge is 0.496 e. The van der Waals surface area contributed by atoms with Gasteiger partial charge in [0, 0.05) is 30.6 Å². The van der Waals surface area contributed by atoms with Crippen LogP contribution in [0.25, 0.3) is 0 Å². The molecular formula is C18H19N3O3. The lowest BCUT2D eigenvalue weighted by Crippen LogP contribution is -2.31. The van der Waals surface area contributed by atoms with Gasteiger partial charge < -0.3 is 19.0 Å². The van der Waals surface area contributed by atoms with Crippen LogP contribution in [0, 0.1) is 6.92 Å². The van der Waals surface area contributed by atoms with Crippen molar-refractivity contribution in [1.82, 2.24) is 14.9 Å². The van der Waals surface area contributed by atoms with Crippen molar-refractivity contribution in [1.29, 1.82) is 0 Å². The molecule has 124 valence electrons. The third-order valence-electron chi connectivity index (χ3n) is 3.91. The van der Waals surface area contributed by atoms with Crippen molar-refractivity contribution in [2.75, 3.05) is 7.11 Å². The van der Waals surface area contributed by atoms with Crippen molar-refractivity contribution in [2.24, 2.45) is 7.05 Å². The molecule has 0 radical (unpaired) electrons. The van der Waals surface area contributed by atoms with Crippen LogP contribution in [0.15, 0.2) is 53.4 Å². The number of hydrogen-bond acceptors (Lipinski definition) is 4. The zero-order valence-electron chi connectivity index (χ0n) is 13.8. The summed E-state index contributed by atoms with van der Waals surface area (Å²) in [7, 11) is 3.49. The second-order valence-electron chi connectivity index (χ2n) is 5.48. The van der Waals surface area contributed by atoms with Gasteiger partial charge in [-0.25, -0.2) is 4.98 Å². The van der Waals surface area contributed by atoms with Gasteiger partial charge >= 0.3 is 0 Å². The maximum absolute atomic E-state index is 12.6. The minimum Gasteiger partial charge on any atom is -0.496 e. The number of methoxy groups -OCH3 is 1. The highest BCUT2D eigenvalue weighted by Gasteiger charge is 2.25. The van der Waals surface area contributed by atoms with Crippen LogP contribution in [-0.4, -0.2) is 22.6 Å². The fraction of sp³-hybridized carbons (Fsp3) is 0.222. The van der Waals surface area contributed by atoms with E-state index in [1.807, 2.05) is 49.0 Å². The second kappa shape index (κ2) is 6.62. The Kier molecular flexibility index (Phi) is 4.37. The molecule has 0 aliphatic carbocycles. The number of para-hydroxylation sites is 1. The quantitative estimate of drug-likeness (QED) is 0.783. The van der Waals surface area contributed by atoms with Crippen LogP contribution in [0.3, 0.4) is 0 Å². The zero-order chi connectivity index (χ0) is 17.1. The van der Waals surface area contributed by atoms with Crippen molar-refractivity contribution in [2.45, 2.75) is 13.0 Å². The van der Waals surface area contributed by atoms with Crippen LogP contribution >= 0.6 is 0 Å². The van der Waals surface area contributed by atoms with E-state index in [1.165, 1.54) is 6.26 Å². The predicted octanol–water partition coefficient (Wildman–Crippen LogP) is 2.85. The molecule has 1 amide bonds. The van der Waals surface area contributed by atoms with Crippen molar-refractivity contribution < 1.29 is 13.9 Å². The number of aryl methyl sites for hydroxylation is 2. The molecule has 0 bridgehead atoms. The lowest BCUT2D eigenvalue weighted by molar-refractivity contribution is 0.0912. The number of nitrogens with zero attached hydrogens (tertiary/aromatic N) is 2. The summed E-state index contributed by atoms with van der Waals surface area (Å²) in [6, 6.07) is 8.85. The van der Waals surface area contributed by atoms with Gasteiger partial charge in [0.1, 0.15) is 17.6 Å². The molecule has 0 saturated carbocycles. The molecule has 6 heteroatoms. The molecule has 3 rings (SSSR count). The Bertz CT molecular complexity index is 851. The van der Waals surface area contributed by atoms with Crippen LogP contribution in [0.5, 0.6) is 5.75 Å². The van der Waals surface area contributed by atoms with E-state index in [0.29, 0.717) is 17.3 Å². The fourth-order valence-electron chi connectivity index (χ4n) is 2.64. The van der Waals surface area contributed by atoms with Gasteiger partial charge in [-0.05, 0) is 19.1 Å². The number of carbonyl (C=O) groups excluding carboxylic acids is 1. The van der Waals surface area contributed by atoms with E-state index in [9.17, 15) is 4.79 Å². The molecule has 0 aliphatic heterocycles. The minimum atomic E-state index is -0.460. The number of amides is 1. The van der Waals surface area contributed by atoms with Gasteiger partial charge in [-0.1, -0.05) is 18.2 Å². The highest BCUT2D eigenvalue weighted by molar-refractivity contribution is 5.93. The summed E-state index contributed by atoms with van der Waals surface area (Å²) in [4.78, 5) is 17.0. The number of aromatic nitrogens is 2. The number of ether oxygens (including phenoxy) is 1. The Morgan fingerprint density at radius 2 is 2.12 bits per heavy atom. The Morgan fingerprint density at radius 1 is 1.33 bits per heavy atom. The summed E-state index contributed by atoms with van der Waals surface area (Å²) in [5, 5.41) is 3.00. The molecule has 2 heterocycles. The van der Waals surface area contributed by atoms with Crippen molar-refractivity contribution in [3.63, 3.8) is 0 Å². The lowest BCUT2D eigenvalue weighted by Gasteiger charge is -2.20. The van der Waals surface area contributed by atoms with E-state index in [0.717, 1.165) is 11.1 Å². The lowest BCUT2D eigenvalue weighted by atomic mass is 10.0. The number of nitrogens with one attached hydrogen (secondary N) is 1. The van der Waals surface area contributed by atoms with Crippen LogP contribution in [-0.2, 0) is 7.05 Å². The molecule has 0 fully saturated rings. The molecule has 1 aromatic carbocycles. The molecule has 3 aromatic rings. The van der Waals surface area contributed by atoms with Crippen molar-refractivity contribution >= 4 is 5.91 Å². The molecule has 0 saturated heterocycles. The van der Waals surface area contributed by atoms with Crippen molar-refractivity contribution in [3.8, 4) is 5.75 Å². The van der Waals surface area contributed by atoms with Crippen LogP contribution in [0.2, 0.25) is 0 Å². The SMILES string of the molecule is COc1ccccc1C(NC(=O)c1occc1C)c1nccn1C. The molecule has 0 aliphatic rings. The van der Waals surface area contributed by atoms with E-state index in [2.05, 4.69) is 10.3 Å². The summed E-state index contributed by atoms with van der Waals surface area (Å²) >= 11 is 0. The first kappa shape index (κ1) is 15.9. The average Bonchev–Trinajstić information content (AvgIpc) is 3.21. The first-order chi connectivity index (χ1) is 11.6. The van der Waals surface area contributed by atoms with Gasteiger partial charge in [-0.3, -0.25) is 4.79 Å². The number of carbonyl (C=O) groups is 1. The first-order valence-corrected chi connectivity index (χ1v) is 7.57. The number of rotatable bonds is 5. The van der Waals surface area contributed by atoms with E-state index >= 15 is 0 Å². The number of hydrogen-bond donors (Lipinski definition) is 1. The van der Waals surface area contributed by atoms with E-state index in [-0.39, 0.29) is 5.91 Å². The van der Waals surface area contributed by atoms with Crippen molar-refractivity contribution in [3.05, 3.63) is 71.7 Å². The maximum Gasteiger partial charge on any atom is 0.288 e. The molecule has 0 spiro atoms. The van der Waals surface area contributed by atoms with E-state index in [4.69, 9.17) is 9.15 Å². The molecule has 1 atom stereocenters. The highest BCUT2D eigenvalue weighted by atomic mass is 16.5. The first-order valence-electron chi connectivity index (χ1n) is 7.57. The average molecular weight is 325 g/mol. The standard InChI is InChI=1S/C18H19N3O3/c1-12-8-11-24-16(12)18(22)20-15(17-19-9-10-21(17)2)13-6-4-5-7-14(13)23-3/h4-11,15H,1-3H3,(H,20,22). The van der Waals surface area contributed by atoms with Crippen LogP contribution < -0.4 is 10.1 Å². The smallest absolute Gasteiger partial charge is 0.288 e. The summed E-state index contributed by atoms with van der Waals surface area (Å²) < 4.78 is 12.6. The van der Waals surface area contributed by atoms with Gasteiger partial charge in [0.2, 0.25) is 0 Å². The normalized spacial score (nSPS) is 12.0. The summed E-state index contributed by atoms with van der Waals surface area (Å²) in [5.74, 6) is 1.39. The molecule has 1 unspecified atom stereocenters. The topological polar surface area (TPSA) is 69.3 Å². The molecular weight excluding hydrogens is 306 g/mol. The zero-order valence-corrected chi connectivity index (χ0v) is 13.8. The number of imidazole rings is 1. The van der Waals surface area contributed by atoms with Gasteiger partial charge in [-0.2, -0.15) is 0 Å². The van der Waals surface area contributed by atoms with Gasteiger partial charge in [-0.15, -0.1) is 0 Å². The number of furan rings is 1. The minimum absolute atomic E-state index is 0.295. The van der Waals surface area contributed by atoms with E-state index < -0.39 is 6.04 Å². The van der Waals surface area contributed by atoms with Crippen LogP contribution in [0.1, 0.15) is 33.5 Å². The van der Waals surface area contributed by atoms with Gasteiger partial charge in [0.15, 0.2) is 5.76 Å². The monoisotopic (exact) mass is 325 g/mol. The van der Waals surface area contributed by atoms with Gasteiger partial charge in [0.25, 0.3) is 5.91 Å². The Balaban J connectivity index is 2.02. The van der Waals surface area contributed by atoms with Gasteiger partial charge in [0.05, 0.1) is 13.4 Å². The highest BCUT2D eigenvalue weighted by Crippen LogP contribution is 2.29. The Hall–Kier alpha value is -3.02. The summed E-state index contributed by atoms with van der Waals surface area (Å²) in [6.45, 7) is 1.83.